The van der Waals surface area contributed by atoms with E-state index in [-0.39, 0.29) is 30.9 Å². The Balaban J connectivity index is 1.78. The smallest absolute Gasteiger partial charge is 0.242 e. The molecule has 27 heavy (non-hydrogen) atoms. The van der Waals surface area contributed by atoms with Gasteiger partial charge in [-0.15, -0.1) is 0 Å². The molecule has 2 N–H and O–H groups in total. The summed E-state index contributed by atoms with van der Waals surface area (Å²) in [5, 5.41) is 6.28. The van der Waals surface area contributed by atoms with Crippen molar-refractivity contribution < 1.29 is 9.59 Å². The number of carbonyl (C=O) groups is 2. The number of likely N-dealkylation sites (tertiary alicyclic amines) is 1. The molecule has 1 heterocycles. The molecule has 1 aromatic carbocycles. The van der Waals surface area contributed by atoms with Crippen LogP contribution < -0.4 is 10.6 Å². The van der Waals surface area contributed by atoms with E-state index in [0.717, 1.165) is 24.9 Å². The van der Waals surface area contributed by atoms with Crippen molar-refractivity contribution in [2.24, 2.45) is 0 Å². The van der Waals surface area contributed by atoms with Crippen LogP contribution >= 0.6 is 11.6 Å². The van der Waals surface area contributed by atoms with Gasteiger partial charge in [0.2, 0.25) is 11.8 Å². The Labute approximate surface area is 166 Å². The number of nitrogens with zero attached hydrogens (tertiary/aromatic N) is 2. The van der Waals surface area contributed by atoms with Gasteiger partial charge in [0.15, 0.2) is 0 Å². The molecule has 2 atom stereocenters. The first-order chi connectivity index (χ1) is 12.9. The zero-order valence-corrected chi connectivity index (χ0v) is 16.8. The highest BCUT2D eigenvalue weighted by molar-refractivity contribution is 6.30. The summed E-state index contributed by atoms with van der Waals surface area (Å²) in [7, 11) is 5.65. The fraction of sp³-hybridized carbons (Fsp3) is 0.500. The number of hydrogen-bond donors (Lipinski definition) is 2. The van der Waals surface area contributed by atoms with Crippen LogP contribution in [-0.4, -0.2) is 68.4 Å². The van der Waals surface area contributed by atoms with Crippen LogP contribution in [0.15, 0.2) is 24.3 Å². The molecular formula is C20H27ClN4O2. The monoisotopic (exact) mass is 390 g/mol. The lowest BCUT2D eigenvalue weighted by Crippen LogP contribution is -2.41. The molecule has 2 amide bonds. The second-order valence-electron chi connectivity index (χ2n) is 6.85. The van der Waals surface area contributed by atoms with Gasteiger partial charge in [0.1, 0.15) is 6.04 Å². The third-order valence-corrected chi connectivity index (χ3v) is 4.85. The number of hydrogen-bond acceptors (Lipinski definition) is 4. The summed E-state index contributed by atoms with van der Waals surface area (Å²) in [6.07, 6.45) is 1.94. The second-order valence-corrected chi connectivity index (χ2v) is 7.28. The minimum absolute atomic E-state index is 0.0174. The van der Waals surface area contributed by atoms with Crippen molar-refractivity contribution in [1.29, 1.82) is 0 Å². The van der Waals surface area contributed by atoms with E-state index >= 15 is 0 Å². The van der Waals surface area contributed by atoms with Gasteiger partial charge in [-0.1, -0.05) is 35.6 Å². The van der Waals surface area contributed by atoms with Crippen LogP contribution in [0.2, 0.25) is 5.02 Å². The van der Waals surface area contributed by atoms with Crippen LogP contribution in [0, 0.1) is 11.8 Å². The molecule has 6 nitrogen and oxygen atoms in total. The molecule has 0 bridgehead atoms. The Kier molecular flexibility index (Phi) is 8.11. The van der Waals surface area contributed by atoms with E-state index in [4.69, 9.17) is 11.6 Å². The van der Waals surface area contributed by atoms with E-state index in [2.05, 4.69) is 27.4 Å². The Hall–Kier alpha value is -2.07. The van der Waals surface area contributed by atoms with Crippen molar-refractivity contribution in [2.75, 3.05) is 40.8 Å². The lowest BCUT2D eigenvalue weighted by Gasteiger charge is -2.23. The van der Waals surface area contributed by atoms with Crippen LogP contribution in [0.3, 0.4) is 0 Å². The van der Waals surface area contributed by atoms with Gasteiger partial charge in [0.25, 0.3) is 0 Å². The Morgan fingerprint density at radius 3 is 2.41 bits per heavy atom. The Bertz CT molecular complexity index is 709. The summed E-state index contributed by atoms with van der Waals surface area (Å²) < 4.78 is 0. The van der Waals surface area contributed by atoms with Gasteiger partial charge < -0.3 is 10.6 Å². The summed E-state index contributed by atoms with van der Waals surface area (Å²) in [5.74, 6) is 5.64. The number of nitrogens with one attached hydrogen (secondary N) is 2. The van der Waals surface area contributed by atoms with E-state index in [0.29, 0.717) is 5.02 Å². The number of benzene rings is 1. The number of amides is 2. The van der Waals surface area contributed by atoms with Gasteiger partial charge in [0.05, 0.1) is 19.1 Å². The van der Waals surface area contributed by atoms with Crippen molar-refractivity contribution in [3.8, 4) is 11.8 Å². The molecule has 2 rings (SSSR count). The average molecular weight is 391 g/mol. The molecule has 0 aliphatic carbocycles. The molecule has 0 spiro atoms. The molecule has 1 saturated heterocycles. The van der Waals surface area contributed by atoms with Gasteiger partial charge in [-0.05, 0) is 58.2 Å². The van der Waals surface area contributed by atoms with E-state index in [1.807, 2.05) is 38.2 Å². The first-order valence-corrected chi connectivity index (χ1v) is 9.41. The average Bonchev–Trinajstić information content (AvgIpc) is 3.05. The minimum atomic E-state index is -0.415. The molecule has 0 radical (unpaired) electrons. The SMILES string of the molecule is CN(C)C(C(=O)NCC#CCNC(=O)[C@@H]1CCCN1C)c1ccc(Cl)cc1. The molecule has 0 saturated carbocycles. The maximum absolute atomic E-state index is 12.5. The van der Waals surface area contributed by atoms with Crippen molar-refractivity contribution in [3.63, 3.8) is 0 Å². The number of likely N-dealkylation sites (N-methyl/N-ethyl adjacent to an activating group) is 2. The largest absolute Gasteiger partial charge is 0.344 e. The third kappa shape index (κ3) is 6.24. The van der Waals surface area contributed by atoms with Gasteiger partial charge in [0, 0.05) is 5.02 Å². The van der Waals surface area contributed by atoms with Crippen molar-refractivity contribution in [1.82, 2.24) is 20.4 Å². The van der Waals surface area contributed by atoms with Gasteiger partial charge in [-0.3, -0.25) is 19.4 Å². The number of carbonyl (C=O) groups excluding carboxylic acids is 2. The Morgan fingerprint density at radius 2 is 1.85 bits per heavy atom. The second kappa shape index (κ2) is 10.3. The number of halogens is 1. The number of rotatable bonds is 6. The van der Waals surface area contributed by atoms with E-state index in [1.165, 1.54) is 0 Å². The van der Waals surface area contributed by atoms with Crippen LogP contribution in [0.4, 0.5) is 0 Å². The molecule has 1 aliphatic heterocycles. The highest BCUT2D eigenvalue weighted by atomic mass is 35.5. The molecule has 1 fully saturated rings. The predicted octanol–water partition coefficient (Wildman–Crippen LogP) is 1.27. The van der Waals surface area contributed by atoms with E-state index in [9.17, 15) is 9.59 Å². The van der Waals surface area contributed by atoms with Gasteiger partial charge in [-0.25, -0.2) is 0 Å². The van der Waals surface area contributed by atoms with Gasteiger partial charge in [-0.2, -0.15) is 0 Å². The highest BCUT2D eigenvalue weighted by Gasteiger charge is 2.27. The lowest BCUT2D eigenvalue weighted by atomic mass is 10.1. The van der Waals surface area contributed by atoms with Crippen LogP contribution in [-0.2, 0) is 9.59 Å². The summed E-state index contributed by atoms with van der Waals surface area (Å²) in [4.78, 5) is 28.4. The Morgan fingerprint density at radius 1 is 1.22 bits per heavy atom. The maximum Gasteiger partial charge on any atom is 0.242 e. The first kappa shape index (κ1) is 21.2. The first-order valence-electron chi connectivity index (χ1n) is 9.03. The standard InChI is InChI=1S/C20H27ClN4O2/c1-24(2)18(15-8-10-16(21)11-9-15)20(27)23-13-5-4-12-22-19(26)17-7-6-14-25(17)3/h8-11,17-18H,6-7,12-14H2,1-3H3,(H,22,26)(H,23,27)/t17-,18?/m0/s1. The fourth-order valence-corrected chi connectivity index (χ4v) is 3.30. The maximum atomic E-state index is 12.5. The highest BCUT2D eigenvalue weighted by Crippen LogP contribution is 2.20. The molecule has 1 aromatic rings. The summed E-state index contributed by atoms with van der Waals surface area (Å²) in [6, 6.07) is 6.76. The van der Waals surface area contributed by atoms with Crippen LogP contribution in [0.1, 0.15) is 24.4 Å². The molecule has 1 unspecified atom stereocenters. The quantitative estimate of drug-likeness (QED) is 0.718. The van der Waals surface area contributed by atoms with Gasteiger partial charge >= 0.3 is 0 Å². The third-order valence-electron chi connectivity index (χ3n) is 4.60. The topological polar surface area (TPSA) is 64.7 Å². The molecule has 7 heteroatoms. The van der Waals surface area contributed by atoms with Crippen molar-refractivity contribution in [2.45, 2.75) is 24.9 Å². The lowest BCUT2D eigenvalue weighted by molar-refractivity contribution is -0.126. The predicted molar refractivity (Wildman–Crippen MR) is 107 cm³/mol. The van der Waals surface area contributed by atoms with Crippen LogP contribution in [0.25, 0.3) is 0 Å². The molecular weight excluding hydrogens is 364 g/mol. The van der Waals surface area contributed by atoms with Crippen LogP contribution in [0.5, 0.6) is 0 Å². The van der Waals surface area contributed by atoms with E-state index in [1.54, 1.807) is 12.1 Å². The summed E-state index contributed by atoms with van der Waals surface area (Å²) >= 11 is 5.91. The zero-order valence-electron chi connectivity index (χ0n) is 16.1. The summed E-state index contributed by atoms with van der Waals surface area (Å²) in [6.45, 7) is 1.47. The van der Waals surface area contributed by atoms with E-state index < -0.39 is 6.04 Å². The molecule has 146 valence electrons. The molecule has 0 aromatic heterocycles. The van der Waals surface area contributed by atoms with Crippen molar-refractivity contribution in [3.05, 3.63) is 34.9 Å². The summed E-state index contributed by atoms with van der Waals surface area (Å²) in [5.41, 5.74) is 0.864. The normalized spacial score (nSPS) is 17.9. The minimum Gasteiger partial charge on any atom is -0.344 e. The van der Waals surface area contributed by atoms with Crippen molar-refractivity contribution >= 4 is 23.4 Å². The fourth-order valence-electron chi connectivity index (χ4n) is 3.17. The zero-order chi connectivity index (χ0) is 19.8. The molecule has 1 aliphatic rings.